The molecule has 112 valence electrons. The summed E-state index contributed by atoms with van der Waals surface area (Å²) in [5.41, 5.74) is 3.00. The average Bonchev–Trinajstić information content (AvgIpc) is 3.28. The third kappa shape index (κ3) is 2.68. The summed E-state index contributed by atoms with van der Waals surface area (Å²) in [4.78, 5) is 0. The number of methoxy groups -OCH3 is 1. The van der Waals surface area contributed by atoms with Crippen molar-refractivity contribution in [2.24, 2.45) is 0 Å². The van der Waals surface area contributed by atoms with Gasteiger partial charge in [-0.3, -0.25) is 4.68 Å². The van der Waals surface area contributed by atoms with Crippen LogP contribution in [0.2, 0.25) is 0 Å². The number of hydrogen-bond donors (Lipinski definition) is 1. The molecule has 0 aliphatic heterocycles. The van der Waals surface area contributed by atoms with E-state index in [1.807, 2.05) is 22.9 Å². The van der Waals surface area contributed by atoms with E-state index in [0.29, 0.717) is 11.7 Å². The van der Waals surface area contributed by atoms with Gasteiger partial charge in [-0.2, -0.15) is 5.10 Å². The summed E-state index contributed by atoms with van der Waals surface area (Å²) < 4.78 is 7.24. The van der Waals surface area contributed by atoms with Crippen LogP contribution in [0.5, 0.6) is 5.75 Å². The number of aromatic nitrogens is 2. The Bertz CT molecular complexity index is 617. The number of rotatable bonds is 6. The topological polar surface area (TPSA) is 47.3 Å². The lowest BCUT2D eigenvalue weighted by Gasteiger charge is -2.18. The molecule has 1 unspecified atom stereocenters. The van der Waals surface area contributed by atoms with Crippen LogP contribution in [0, 0.1) is 0 Å². The maximum atomic E-state index is 10.9. The molecule has 0 amide bonds. The Balaban J connectivity index is 2.02. The molecule has 0 radical (unpaired) electrons. The highest BCUT2D eigenvalue weighted by molar-refractivity contribution is 5.41. The predicted octanol–water partition coefficient (Wildman–Crippen LogP) is 3.26. The molecule has 4 heteroatoms. The molecule has 21 heavy (non-hydrogen) atoms. The largest absolute Gasteiger partial charge is 0.493 e. The molecule has 1 atom stereocenters. The lowest BCUT2D eigenvalue weighted by Crippen LogP contribution is -2.12. The molecular formula is C17H22N2O2. The number of benzene rings is 1. The Labute approximate surface area is 125 Å². The van der Waals surface area contributed by atoms with Gasteiger partial charge in [0.15, 0.2) is 5.75 Å². The SMILES string of the molecule is CCCn1ncc(OC)c1C(O)c1ccccc1C1CC1. The zero-order valence-electron chi connectivity index (χ0n) is 12.6. The molecule has 0 bridgehead atoms. The Morgan fingerprint density at radius 2 is 2.14 bits per heavy atom. The Kier molecular flexibility index (Phi) is 3.97. The highest BCUT2D eigenvalue weighted by Crippen LogP contribution is 2.44. The summed E-state index contributed by atoms with van der Waals surface area (Å²) in [7, 11) is 1.62. The molecule has 1 saturated carbocycles. The molecule has 2 aromatic rings. The predicted molar refractivity (Wildman–Crippen MR) is 81.5 cm³/mol. The number of nitrogens with zero attached hydrogens (tertiary/aromatic N) is 2. The van der Waals surface area contributed by atoms with Crippen LogP contribution >= 0.6 is 0 Å². The van der Waals surface area contributed by atoms with Crippen LogP contribution in [0.1, 0.15) is 55.0 Å². The van der Waals surface area contributed by atoms with E-state index in [2.05, 4.69) is 18.1 Å². The molecule has 1 fully saturated rings. The number of hydrogen-bond acceptors (Lipinski definition) is 3. The molecule has 4 nitrogen and oxygen atoms in total. The second-order valence-corrected chi connectivity index (χ2v) is 5.63. The van der Waals surface area contributed by atoms with Crippen molar-refractivity contribution in [1.82, 2.24) is 9.78 Å². The first-order valence-corrected chi connectivity index (χ1v) is 7.62. The van der Waals surface area contributed by atoms with Crippen molar-refractivity contribution in [3.8, 4) is 5.75 Å². The van der Waals surface area contributed by atoms with Crippen molar-refractivity contribution >= 4 is 0 Å². The van der Waals surface area contributed by atoms with E-state index >= 15 is 0 Å². The fourth-order valence-electron chi connectivity index (χ4n) is 2.87. The van der Waals surface area contributed by atoms with Crippen LogP contribution in [0.15, 0.2) is 30.5 Å². The zero-order chi connectivity index (χ0) is 14.8. The molecule has 1 heterocycles. The summed E-state index contributed by atoms with van der Waals surface area (Å²) >= 11 is 0. The lowest BCUT2D eigenvalue weighted by molar-refractivity contribution is 0.201. The van der Waals surface area contributed by atoms with Gasteiger partial charge in [0.05, 0.1) is 13.3 Å². The minimum absolute atomic E-state index is 0.601. The Hall–Kier alpha value is -1.81. The van der Waals surface area contributed by atoms with Gasteiger partial charge in [0.1, 0.15) is 11.8 Å². The van der Waals surface area contributed by atoms with Crippen molar-refractivity contribution < 1.29 is 9.84 Å². The first-order valence-electron chi connectivity index (χ1n) is 7.62. The molecular weight excluding hydrogens is 264 g/mol. The molecule has 3 rings (SSSR count). The fourth-order valence-corrected chi connectivity index (χ4v) is 2.87. The minimum Gasteiger partial charge on any atom is -0.493 e. The third-order valence-electron chi connectivity index (χ3n) is 4.07. The van der Waals surface area contributed by atoms with Gasteiger partial charge in [0, 0.05) is 6.54 Å². The van der Waals surface area contributed by atoms with Gasteiger partial charge in [-0.05, 0) is 36.3 Å². The molecule has 0 saturated heterocycles. The Morgan fingerprint density at radius 3 is 2.81 bits per heavy atom. The molecule has 1 aromatic carbocycles. The summed E-state index contributed by atoms with van der Waals surface area (Å²) in [6, 6.07) is 8.17. The second kappa shape index (κ2) is 5.90. The van der Waals surface area contributed by atoms with E-state index in [0.717, 1.165) is 24.2 Å². The van der Waals surface area contributed by atoms with Crippen molar-refractivity contribution in [3.63, 3.8) is 0 Å². The molecule has 1 aliphatic rings. The summed E-state index contributed by atoms with van der Waals surface area (Å²) in [6.07, 6.45) is 4.40. The van der Waals surface area contributed by atoms with Crippen molar-refractivity contribution in [1.29, 1.82) is 0 Å². The first-order chi connectivity index (χ1) is 10.3. The van der Waals surface area contributed by atoms with Crippen LogP contribution in [0.4, 0.5) is 0 Å². The van der Waals surface area contributed by atoms with E-state index in [-0.39, 0.29) is 0 Å². The van der Waals surface area contributed by atoms with Gasteiger partial charge in [0.2, 0.25) is 0 Å². The van der Waals surface area contributed by atoms with Crippen molar-refractivity contribution in [3.05, 3.63) is 47.3 Å². The minimum atomic E-state index is -0.689. The van der Waals surface area contributed by atoms with Crippen LogP contribution in [0.3, 0.4) is 0 Å². The zero-order valence-corrected chi connectivity index (χ0v) is 12.6. The van der Waals surface area contributed by atoms with Crippen LogP contribution < -0.4 is 4.74 Å². The molecule has 0 spiro atoms. The standard InChI is InChI=1S/C17H22N2O2/c1-3-10-19-16(15(21-2)11-18-19)17(20)14-7-5-4-6-13(14)12-8-9-12/h4-7,11-12,17,20H,3,8-10H2,1-2H3. The maximum Gasteiger partial charge on any atom is 0.163 e. The molecule has 1 N–H and O–H groups in total. The lowest BCUT2D eigenvalue weighted by atomic mass is 9.97. The average molecular weight is 286 g/mol. The normalized spacial score (nSPS) is 16.0. The number of aryl methyl sites for hydroxylation is 1. The van der Waals surface area contributed by atoms with Gasteiger partial charge in [-0.15, -0.1) is 0 Å². The number of aliphatic hydroxyl groups is 1. The van der Waals surface area contributed by atoms with E-state index in [1.54, 1.807) is 13.3 Å². The number of ether oxygens (including phenoxy) is 1. The first kappa shape index (κ1) is 14.1. The van der Waals surface area contributed by atoms with Crippen LogP contribution in [-0.4, -0.2) is 22.0 Å². The highest BCUT2D eigenvalue weighted by Gasteiger charge is 2.30. The van der Waals surface area contributed by atoms with Gasteiger partial charge in [-0.25, -0.2) is 0 Å². The second-order valence-electron chi connectivity index (χ2n) is 5.63. The Morgan fingerprint density at radius 1 is 1.38 bits per heavy atom. The van der Waals surface area contributed by atoms with Crippen LogP contribution in [0.25, 0.3) is 0 Å². The fraction of sp³-hybridized carbons (Fsp3) is 0.471. The number of aliphatic hydroxyl groups excluding tert-OH is 1. The van der Waals surface area contributed by atoms with Crippen molar-refractivity contribution in [2.75, 3.05) is 7.11 Å². The summed E-state index contributed by atoms with van der Waals surface area (Å²) in [6.45, 7) is 2.88. The third-order valence-corrected chi connectivity index (χ3v) is 4.07. The quantitative estimate of drug-likeness (QED) is 0.886. The van der Waals surface area contributed by atoms with E-state index < -0.39 is 6.10 Å². The van der Waals surface area contributed by atoms with Crippen molar-refractivity contribution in [2.45, 2.75) is 44.8 Å². The summed E-state index contributed by atoms with van der Waals surface area (Å²) in [5, 5.41) is 15.3. The smallest absolute Gasteiger partial charge is 0.163 e. The summed E-state index contributed by atoms with van der Waals surface area (Å²) in [5.74, 6) is 1.26. The maximum absolute atomic E-state index is 10.9. The van der Waals surface area contributed by atoms with Gasteiger partial charge in [0.25, 0.3) is 0 Å². The molecule has 1 aliphatic carbocycles. The van der Waals surface area contributed by atoms with E-state index in [1.165, 1.54) is 18.4 Å². The molecule has 1 aromatic heterocycles. The van der Waals surface area contributed by atoms with Gasteiger partial charge in [-0.1, -0.05) is 31.2 Å². The van der Waals surface area contributed by atoms with Gasteiger partial charge < -0.3 is 9.84 Å². The highest BCUT2D eigenvalue weighted by atomic mass is 16.5. The van der Waals surface area contributed by atoms with E-state index in [9.17, 15) is 5.11 Å². The monoisotopic (exact) mass is 286 g/mol. The van der Waals surface area contributed by atoms with Gasteiger partial charge >= 0.3 is 0 Å². The van der Waals surface area contributed by atoms with Crippen LogP contribution in [-0.2, 0) is 6.54 Å². The van der Waals surface area contributed by atoms with E-state index in [4.69, 9.17) is 4.74 Å².